The van der Waals surface area contributed by atoms with Gasteiger partial charge in [-0.05, 0) is 51.5 Å². The molecule has 0 radical (unpaired) electrons. The first-order chi connectivity index (χ1) is 23.7. The van der Waals surface area contributed by atoms with Crippen molar-refractivity contribution in [3.8, 4) is 0 Å². The van der Waals surface area contributed by atoms with Crippen molar-refractivity contribution in [2.45, 2.75) is 94.4 Å². The van der Waals surface area contributed by atoms with Crippen LogP contribution in [0.2, 0.25) is 0 Å². The number of hydrogen-bond acceptors (Lipinski definition) is 9. The Morgan fingerprint density at radius 3 is 2.20 bits per heavy atom. The predicted octanol–water partition coefficient (Wildman–Crippen LogP) is 0.615. The first kappa shape index (κ1) is 41.2. The molecule has 1 saturated heterocycles. The Morgan fingerprint density at radius 1 is 1.02 bits per heavy atom. The highest BCUT2D eigenvalue weighted by atomic mass is 31.0. The number of carbonyl (C=O) groups excluding carboxylic acids is 7. The molecule has 6 atom stereocenters. The summed E-state index contributed by atoms with van der Waals surface area (Å²) in [6.45, 7) is 2.53. The Labute approximate surface area is 297 Å². The highest BCUT2D eigenvalue weighted by Gasteiger charge is 2.47. The number of alkyl halides is 2. The smallest absolute Gasteiger partial charge is 0.408 e. The van der Waals surface area contributed by atoms with Crippen molar-refractivity contribution in [3.63, 3.8) is 0 Å². The number of alkyl carbamates (subject to hydrolysis) is 1. The van der Waals surface area contributed by atoms with Crippen LogP contribution in [0.5, 0.6) is 0 Å². The summed E-state index contributed by atoms with van der Waals surface area (Å²) in [6, 6.07) is 3.34. The number of likely N-dealkylation sites (N-methyl/N-ethyl adjacent to an activating group) is 1. The molecule has 1 saturated carbocycles. The zero-order valence-corrected chi connectivity index (χ0v) is 30.4. The lowest BCUT2D eigenvalue weighted by Crippen LogP contribution is -2.59. The molecule has 1 aliphatic carbocycles. The average Bonchev–Trinajstić information content (AvgIpc) is 3.73. The summed E-state index contributed by atoms with van der Waals surface area (Å²) in [5.41, 5.74) is -5.28. The molecule has 15 nitrogen and oxygen atoms in total. The van der Waals surface area contributed by atoms with Crippen molar-refractivity contribution >= 4 is 50.7 Å². The van der Waals surface area contributed by atoms with Gasteiger partial charge in [0.15, 0.2) is 5.60 Å². The maximum Gasteiger partial charge on any atom is 0.408 e. The molecular formula is C33H47F2N6O9P. The highest BCUT2D eigenvalue weighted by molar-refractivity contribution is 7.18. The number of aliphatic hydroxyl groups is 1. The number of likely N-dealkylation sites (tertiary alicyclic amines) is 1. The fraction of sp³-hybridized carbons (Fsp3) is 0.606. The fourth-order valence-corrected chi connectivity index (χ4v) is 5.38. The van der Waals surface area contributed by atoms with E-state index in [2.05, 4.69) is 21.3 Å². The second-order valence-corrected chi connectivity index (χ2v) is 14.2. The molecule has 0 aromatic heterocycles. The Balaban J connectivity index is 1.65. The molecule has 1 aromatic rings. The quantitative estimate of drug-likeness (QED) is 0.119. The number of rotatable bonds is 16. The number of hydrogen-bond donors (Lipinski definition) is 5. The molecule has 0 spiro atoms. The average molecular weight is 741 g/mol. The lowest BCUT2D eigenvalue weighted by Gasteiger charge is -2.33. The van der Waals surface area contributed by atoms with Gasteiger partial charge < -0.3 is 40.9 Å². The van der Waals surface area contributed by atoms with Crippen molar-refractivity contribution in [1.82, 2.24) is 31.1 Å². The molecule has 2 aliphatic rings. The number of carbonyl (C=O) groups is 7. The molecule has 1 aromatic carbocycles. The van der Waals surface area contributed by atoms with Crippen molar-refractivity contribution in [1.29, 1.82) is 0 Å². The Kier molecular flexibility index (Phi) is 14.0. The van der Waals surface area contributed by atoms with E-state index in [1.54, 1.807) is 30.3 Å². The van der Waals surface area contributed by atoms with Gasteiger partial charge in [-0.3, -0.25) is 28.8 Å². The summed E-state index contributed by atoms with van der Waals surface area (Å²) >= 11 is 0. The van der Waals surface area contributed by atoms with Gasteiger partial charge in [-0.25, -0.2) is 4.79 Å². The van der Waals surface area contributed by atoms with Gasteiger partial charge in [-0.15, -0.1) is 0 Å². The van der Waals surface area contributed by atoms with Gasteiger partial charge in [0.25, 0.3) is 11.6 Å². The van der Waals surface area contributed by atoms with Crippen LogP contribution in [0, 0.1) is 5.92 Å². The molecule has 5 N–H and O–H groups in total. The number of amides is 6. The molecule has 6 unspecified atom stereocenters. The first-order valence-electron chi connectivity index (χ1n) is 16.6. The maximum atomic E-state index is 13.8. The van der Waals surface area contributed by atoms with Crippen molar-refractivity contribution < 1.29 is 52.2 Å². The molecule has 1 aliphatic heterocycles. The number of Topliss-reactive ketones (excluding diaryl/α,β-unsaturated/α-hetero) is 1. The van der Waals surface area contributed by atoms with Crippen molar-refractivity contribution in [3.05, 3.63) is 35.9 Å². The molecule has 51 heavy (non-hydrogen) atoms. The molecule has 6 amide bonds. The Morgan fingerprint density at radius 2 is 1.65 bits per heavy atom. The van der Waals surface area contributed by atoms with Gasteiger partial charge >= 0.3 is 6.09 Å². The van der Waals surface area contributed by atoms with Crippen LogP contribution in [0.25, 0.3) is 0 Å². The van der Waals surface area contributed by atoms with E-state index in [1.807, 2.05) is 0 Å². The number of aliphatic hydroxyl groups excluding tert-OH is 1. The minimum Gasteiger partial charge on any atom is -0.437 e. The van der Waals surface area contributed by atoms with Crippen LogP contribution < -0.4 is 21.3 Å². The monoisotopic (exact) mass is 740 g/mol. The number of benzene rings is 1. The third kappa shape index (κ3) is 11.4. The Hall–Kier alpha value is -4.24. The van der Waals surface area contributed by atoms with Gasteiger partial charge in [0, 0.05) is 20.6 Å². The van der Waals surface area contributed by atoms with E-state index < -0.39 is 89.5 Å². The van der Waals surface area contributed by atoms with E-state index in [0.29, 0.717) is 12.0 Å². The van der Waals surface area contributed by atoms with Gasteiger partial charge in [0.2, 0.25) is 29.4 Å². The minimum absolute atomic E-state index is 0.0448. The topological polar surface area (TPSA) is 204 Å². The zero-order chi connectivity index (χ0) is 38.3. The van der Waals surface area contributed by atoms with Crippen molar-refractivity contribution in [2.24, 2.45) is 5.92 Å². The molecule has 3 rings (SSSR count). The second-order valence-electron chi connectivity index (χ2n) is 13.5. The summed E-state index contributed by atoms with van der Waals surface area (Å²) in [5.74, 6) is -4.88. The summed E-state index contributed by atoms with van der Waals surface area (Å²) in [4.78, 5) is 93.6. The number of halogens is 2. The second kappa shape index (κ2) is 17.3. The molecule has 0 bridgehead atoms. The highest BCUT2D eigenvalue weighted by Crippen LogP contribution is 2.37. The minimum atomic E-state index is -3.51. The largest absolute Gasteiger partial charge is 0.437 e. The molecule has 2 fully saturated rings. The summed E-state index contributed by atoms with van der Waals surface area (Å²) in [7, 11) is 4.32. The summed E-state index contributed by atoms with van der Waals surface area (Å²) in [5, 5.41) is 19.8. The van der Waals surface area contributed by atoms with E-state index >= 15 is 0 Å². The van der Waals surface area contributed by atoms with E-state index in [4.69, 9.17) is 4.74 Å². The SMILES string of the molecule is CC(O)C(NC(=O)OC(C)(C)C(F)(F)P)C(=O)N1CCCC1C(=O)NC(CC1CC1)C(=O)C(=O)NCC(=O)NC(C(=O)N(C)C)c1ccccc1. The van der Waals surface area contributed by atoms with Gasteiger partial charge in [-0.2, -0.15) is 8.78 Å². The van der Waals surface area contributed by atoms with Crippen LogP contribution in [0.4, 0.5) is 13.6 Å². The third-order valence-corrected chi connectivity index (χ3v) is 9.36. The molecule has 1 heterocycles. The lowest BCUT2D eigenvalue weighted by molar-refractivity contribution is -0.144. The standard InChI is InChI=1S/C33H47F2N6O9P/c1-18(42)24(39-31(49)50-32(2,3)33(34,35)51)30(48)41-15-9-12-22(41)27(45)37-21(16-19-13-14-19)26(44)28(46)36-17-23(43)38-25(29(47)40(4)5)20-10-7-6-8-11-20/h6-8,10-11,18-19,21-22,24-25,42H,9,12-17,51H2,1-5H3,(H,36,46)(H,37,45)(H,38,43)(H,39,49). The van der Waals surface area contributed by atoms with Crippen LogP contribution in [0.1, 0.15) is 64.5 Å². The van der Waals surface area contributed by atoms with E-state index in [1.165, 1.54) is 35.2 Å². The fourth-order valence-electron chi connectivity index (χ4n) is 5.32. The van der Waals surface area contributed by atoms with E-state index in [-0.39, 0.29) is 25.3 Å². The number of ether oxygens (including phenoxy) is 1. The van der Waals surface area contributed by atoms with Crippen LogP contribution in [-0.4, -0.2) is 119 Å². The Bertz CT molecular complexity index is 1470. The zero-order valence-electron chi connectivity index (χ0n) is 29.2. The van der Waals surface area contributed by atoms with Crippen LogP contribution >= 0.6 is 9.24 Å². The maximum absolute atomic E-state index is 13.8. The van der Waals surface area contributed by atoms with Crippen molar-refractivity contribution in [2.75, 3.05) is 27.2 Å². The lowest BCUT2D eigenvalue weighted by atomic mass is 10.0. The summed E-state index contributed by atoms with van der Waals surface area (Å²) < 4.78 is 32.5. The number of nitrogens with one attached hydrogen (secondary N) is 4. The van der Waals surface area contributed by atoms with Gasteiger partial charge in [0.05, 0.1) is 18.7 Å². The normalized spacial score (nSPS) is 18.4. The summed E-state index contributed by atoms with van der Waals surface area (Å²) in [6.07, 6.45) is -0.709. The molecule has 18 heteroatoms. The molecular weight excluding hydrogens is 693 g/mol. The van der Waals surface area contributed by atoms with Gasteiger partial charge in [0.1, 0.15) is 18.1 Å². The van der Waals surface area contributed by atoms with Crippen LogP contribution in [-0.2, 0) is 33.5 Å². The predicted molar refractivity (Wildman–Crippen MR) is 182 cm³/mol. The first-order valence-corrected chi connectivity index (χ1v) is 17.1. The van der Waals surface area contributed by atoms with E-state index in [0.717, 1.165) is 31.6 Å². The van der Waals surface area contributed by atoms with Crippen LogP contribution in [0.15, 0.2) is 30.3 Å². The number of nitrogens with zero attached hydrogens (tertiary/aromatic N) is 2. The van der Waals surface area contributed by atoms with E-state index in [9.17, 15) is 47.4 Å². The number of ketones is 1. The third-order valence-electron chi connectivity index (χ3n) is 8.67. The van der Waals surface area contributed by atoms with Gasteiger partial charge in [-0.1, -0.05) is 52.4 Å². The van der Waals surface area contributed by atoms with Crippen LogP contribution in [0.3, 0.4) is 0 Å². The molecule has 282 valence electrons.